The van der Waals surface area contributed by atoms with Crippen molar-refractivity contribution in [3.05, 3.63) is 29.3 Å². The summed E-state index contributed by atoms with van der Waals surface area (Å²) in [7, 11) is 1.53. The number of methoxy groups -OCH3 is 1. The summed E-state index contributed by atoms with van der Waals surface area (Å²) in [6, 6.07) is 4.94. The van der Waals surface area contributed by atoms with Crippen LogP contribution in [0.2, 0.25) is 0 Å². The summed E-state index contributed by atoms with van der Waals surface area (Å²) in [5, 5.41) is 11.8. The molecule has 0 spiro atoms. The van der Waals surface area contributed by atoms with Gasteiger partial charge >= 0.3 is 0 Å². The molecule has 96 valence electrons. The SMILES string of the molecule is COCC(CO)NC(=O)c1ccc2ncsc2c1. The van der Waals surface area contributed by atoms with Gasteiger partial charge in [0.2, 0.25) is 0 Å². The Labute approximate surface area is 108 Å². The number of aliphatic hydroxyl groups is 1. The van der Waals surface area contributed by atoms with Crippen LogP contribution in [-0.4, -0.2) is 42.4 Å². The van der Waals surface area contributed by atoms with E-state index in [0.717, 1.165) is 10.2 Å². The predicted molar refractivity (Wildman–Crippen MR) is 69.8 cm³/mol. The highest BCUT2D eigenvalue weighted by atomic mass is 32.1. The number of nitrogens with zero attached hydrogens (tertiary/aromatic N) is 1. The Morgan fingerprint density at radius 3 is 3.17 bits per heavy atom. The van der Waals surface area contributed by atoms with E-state index in [9.17, 15) is 4.79 Å². The molecule has 18 heavy (non-hydrogen) atoms. The van der Waals surface area contributed by atoms with Gasteiger partial charge in [-0.05, 0) is 18.2 Å². The second-order valence-corrected chi connectivity index (χ2v) is 4.73. The maximum atomic E-state index is 12.0. The molecule has 5 nitrogen and oxygen atoms in total. The summed E-state index contributed by atoms with van der Waals surface area (Å²) in [4.78, 5) is 16.1. The summed E-state index contributed by atoms with van der Waals surface area (Å²) in [6.45, 7) is 0.132. The van der Waals surface area contributed by atoms with E-state index in [2.05, 4.69) is 10.3 Å². The van der Waals surface area contributed by atoms with Gasteiger partial charge in [-0.2, -0.15) is 0 Å². The molecule has 1 atom stereocenters. The largest absolute Gasteiger partial charge is 0.394 e. The average molecular weight is 266 g/mol. The predicted octanol–water partition coefficient (Wildman–Crippen LogP) is 1.03. The lowest BCUT2D eigenvalue weighted by atomic mass is 10.2. The van der Waals surface area contributed by atoms with Gasteiger partial charge in [-0.3, -0.25) is 4.79 Å². The van der Waals surface area contributed by atoms with Crippen molar-refractivity contribution in [1.82, 2.24) is 10.3 Å². The molecule has 1 unspecified atom stereocenters. The molecule has 1 amide bonds. The van der Waals surface area contributed by atoms with E-state index in [1.54, 1.807) is 17.6 Å². The number of carbonyl (C=O) groups excluding carboxylic acids is 1. The van der Waals surface area contributed by atoms with Crippen molar-refractivity contribution < 1.29 is 14.6 Å². The van der Waals surface area contributed by atoms with E-state index in [4.69, 9.17) is 9.84 Å². The number of hydrogen-bond acceptors (Lipinski definition) is 5. The van der Waals surface area contributed by atoms with Gasteiger partial charge in [0.1, 0.15) is 0 Å². The van der Waals surface area contributed by atoms with Crippen LogP contribution in [0.5, 0.6) is 0 Å². The summed E-state index contributed by atoms with van der Waals surface area (Å²) in [6.07, 6.45) is 0. The first-order valence-corrected chi connectivity index (χ1v) is 6.36. The Hall–Kier alpha value is -1.50. The number of hydrogen-bond donors (Lipinski definition) is 2. The zero-order chi connectivity index (χ0) is 13.0. The normalized spacial score (nSPS) is 12.6. The summed E-state index contributed by atoms with van der Waals surface area (Å²) in [5.41, 5.74) is 3.18. The van der Waals surface area contributed by atoms with Crippen molar-refractivity contribution in [3.63, 3.8) is 0 Å². The van der Waals surface area contributed by atoms with E-state index in [1.165, 1.54) is 18.4 Å². The van der Waals surface area contributed by atoms with E-state index >= 15 is 0 Å². The molecule has 2 aromatic rings. The second-order valence-electron chi connectivity index (χ2n) is 3.84. The fourth-order valence-electron chi connectivity index (χ4n) is 1.61. The number of thiazole rings is 1. The van der Waals surface area contributed by atoms with Crippen LogP contribution >= 0.6 is 11.3 Å². The zero-order valence-corrected chi connectivity index (χ0v) is 10.7. The number of rotatable bonds is 5. The Kier molecular flexibility index (Phi) is 4.24. The number of ether oxygens (including phenoxy) is 1. The number of aliphatic hydroxyl groups excluding tert-OH is 1. The van der Waals surface area contributed by atoms with Crippen LogP contribution in [-0.2, 0) is 4.74 Å². The highest BCUT2D eigenvalue weighted by Crippen LogP contribution is 2.19. The van der Waals surface area contributed by atoms with Crippen molar-refractivity contribution in [2.24, 2.45) is 0 Å². The van der Waals surface area contributed by atoms with E-state index in [-0.39, 0.29) is 25.2 Å². The molecular weight excluding hydrogens is 252 g/mol. The topological polar surface area (TPSA) is 71.5 Å². The lowest BCUT2D eigenvalue weighted by molar-refractivity contribution is 0.0840. The maximum absolute atomic E-state index is 12.0. The first kappa shape index (κ1) is 12.9. The second kappa shape index (κ2) is 5.90. The highest BCUT2D eigenvalue weighted by molar-refractivity contribution is 7.16. The molecule has 0 saturated carbocycles. The molecule has 1 aromatic carbocycles. The molecule has 0 aliphatic rings. The number of nitrogens with one attached hydrogen (secondary N) is 1. The lowest BCUT2D eigenvalue weighted by Crippen LogP contribution is -2.40. The molecule has 0 bridgehead atoms. The standard InChI is InChI=1S/C12H14N2O3S/c1-17-6-9(5-15)14-12(16)8-2-3-10-11(4-8)18-7-13-10/h2-4,7,9,15H,5-6H2,1H3,(H,14,16). The number of aromatic nitrogens is 1. The van der Waals surface area contributed by atoms with E-state index < -0.39 is 0 Å². The average Bonchev–Trinajstić information content (AvgIpc) is 2.85. The molecule has 0 radical (unpaired) electrons. The third-order valence-corrected chi connectivity index (χ3v) is 3.31. The number of amides is 1. The van der Waals surface area contributed by atoms with Gasteiger partial charge in [-0.25, -0.2) is 4.98 Å². The van der Waals surface area contributed by atoms with Crippen molar-refractivity contribution in [2.75, 3.05) is 20.3 Å². The number of carbonyl (C=O) groups is 1. The molecule has 1 heterocycles. The van der Waals surface area contributed by atoms with Gasteiger partial charge in [-0.1, -0.05) is 0 Å². The fourth-order valence-corrected chi connectivity index (χ4v) is 2.32. The molecule has 0 aliphatic carbocycles. The molecule has 0 aliphatic heterocycles. The molecule has 0 saturated heterocycles. The summed E-state index contributed by atoms with van der Waals surface area (Å²) in [5.74, 6) is -0.221. The Morgan fingerprint density at radius 2 is 2.44 bits per heavy atom. The van der Waals surface area contributed by atoms with Crippen molar-refractivity contribution in [3.8, 4) is 0 Å². The minimum atomic E-state index is -0.389. The van der Waals surface area contributed by atoms with Gasteiger partial charge in [0.15, 0.2) is 0 Å². The Balaban J connectivity index is 2.12. The van der Waals surface area contributed by atoms with Crippen LogP contribution in [0.15, 0.2) is 23.7 Å². The van der Waals surface area contributed by atoms with Gasteiger partial charge in [0, 0.05) is 12.7 Å². The monoisotopic (exact) mass is 266 g/mol. The maximum Gasteiger partial charge on any atom is 0.251 e. The molecule has 6 heteroatoms. The first-order chi connectivity index (χ1) is 8.74. The van der Waals surface area contributed by atoms with Crippen molar-refractivity contribution >= 4 is 27.5 Å². The van der Waals surface area contributed by atoms with Crippen LogP contribution in [0.4, 0.5) is 0 Å². The third-order valence-electron chi connectivity index (χ3n) is 2.52. The molecule has 2 rings (SSSR count). The van der Waals surface area contributed by atoms with Gasteiger partial charge in [0.25, 0.3) is 5.91 Å². The van der Waals surface area contributed by atoms with Crippen LogP contribution < -0.4 is 5.32 Å². The summed E-state index contributed by atoms with van der Waals surface area (Å²) < 4.78 is 5.87. The van der Waals surface area contributed by atoms with Crippen molar-refractivity contribution in [2.45, 2.75) is 6.04 Å². The Bertz CT molecular complexity index is 541. The molecule has 1 aromatic heterocycles. The van der Waals surface area contributed by atoms with Crippen LogP contribution in [0.1, 0.15) is 10.4 Å². The van der Waals surface area contributed by atoms with Gasteiger partial charge in [0.05, 0.1) is 35.0 Å². The molecular formula is C12H14N2O3S. The smallest absolute Gasteiger partial charge is 0.251 e. The number of fused-ring (bicyclic) bond motifs is 1. The van der Waals surface area contributed by atoms with E-state index in [1.807, 2.05) is 6.07 Å². The number of benzene rings is 1. The van der Waals surface area contributed by atoms with Crippen LogP contribution in [0, 0.1) is 0 Å². The minimum Gasteiger partial charge on any atom is -0.394 e. The summed E-state index contributed by atoms with van der Waals surface area (Å²) >= 11 is 1.49. The zero-order valence-electron chi connectivity index (χ0n) is 9.92. The minimum absolute atomic E-state index is 0.150. The molecule has 2 N–H and O–H groups in total. The van der Waals surface area contributed by atoms with Gasteiger partial charge in [-0.15, -0.1) is 11.3 Å². The fraction of sp³-hybridized carbons (Fsp3) is 0.333. The quantitative estimate of drug-likeness (QED) is 0.848. The Morgan fingerprint density at radius 1 is 1.61 bits per heavy atom. The highest BCUT2D eigenvalue weighted by Gasteiger charge is 2.13. The van der Waals surface area contributed by atoms with Crippen LogP contribution in [0.3, 0.4) is 0 Å². The lowest BCUT2D eigenvalue weighted by Gasteiger charge is -2.15. The van der Waals surface area contributed by atoms with E-state index in [0.29, 0.717) is 5.56 Å². The first-order valence-electron chi connectivity index (χ1n) is 5.48. The van der Waals surface area contributed by atoms with Crippen LogP contribution in [0.25, 0.3) is 10.2 Å². The molecule has 0 fully saturated rings. The third kappa shape index (κ3) is 2.84. The van der Waals surface area contributed by atoms with Gasteiger partial charge < -0.3 is 15.2 Å². The van der Waals surface area contributed by atoms with Crippen molar-refractivity contribution in [1.29, 1.82) is 0 Å².